The molecule has 1 rings (SSSR count). The predicted molar refractivity (Wildman–Crippen MR) is 52.4 cm³/mol. The SMILES string of the molecule is NCCN(CC(F)F)S(=O)(=O)c1cnc[nH]1. The van der Waals surface area contributed by atoms with Crippen molar-refractivity contribution in [1.82, 2.24) is 14.3 Å². The third kappa shape index (κ3) is 2.97. The molecule has 0 amide bonds. The van der Waals surface area contributed by atoms with Crippen molar-refractivity contribution in [3.8, 4) is 0 Å². The minimum absolute atomic E-state index is 0.0277. The Kier molecular flexibility index (Phi) is 4.33. The maximum absolute atomic E-state index is 12.2. The number of nitrogens with one attached hydrogen (secondary N) is 1. The Morgan fingerprint density at radius 3 is 2.69 bits per heavy atom. The highest BCUT2D eigenvalue weighted by atomic mass is 32.2. The molecular formula is C7H12F2N4O2S. The molecule has 0 saturated carbocycles. The molecule has 0 unspecified atom stereocenters. The molecule has 0 radical (unpaired) electrons. The summed E-state index contributed by atoms with van der Waals surface area (Å²) in [4.78, 5) is 5.89. The first-order valence-electron chi connectivity index (χ1n) is 4.45. The molecule has 0 atom stereocenters. The van der Waals surface area contributed by atoms with Gasteiger partial charge in [0.2, 0.25) is 0 Å². The number of rotatable bonds is 6. The van der Waals surface area contributed by atoms with Crippen molar-refractivity contribution in [1.29, 1.82) is 0 Å². The van der Waals surface area contributed by atoms with Crippen LogP contribution in [0.5, 0.6) is 0 Å². The van der Waals surface area contributed by atoms with Gasteiger partial charge in [-0.15, -0.1) is 0 Å². The van der Waals surface area contributed by atoms with E-state index in [9.17, 15) is 17.2 Å². The van der Waals surface area contributed by atoms with E-state index >= 15 is 0 Å². The van der Waals surface area contributed by atoms with Gasteiger partial charge in [0.1, 0.15) is 0 Å². The van der Waals surface area contributed by atoms with Gasteiger partial charge in [0.15, 0.2) is 5.03 Å². The Balaban J connectivity index is 2.93. The summed E-state index contributed by atoms with van der Waals surface area (Å²) in [6.45, 7) is -1.07. The molecule has 0 aliphatic carbocycles. The van der Waals surface area contributed by atoms with Crippen molar-refractivity contribution in [3.05, 3.63) is 12.5 Å². The van der Waals surface area contributed by atoms with E-state index in [1.165, 1.54) is 0 Å². The van der Waals surface area contributed by atoms with Gasteiger partial charge in [-0.1, -0.05) is 0 Å². The Hall–Kier alpha value is -1.06. The summed E-state index contributed by atoms with van der Waals surface area (Å²) in [6.07, 6.45) is -0.524. The summed E-state index contributed by atoms with van der Waals surface area (Å²) in [5.74, 6) is 0. The number of alkyl halides is 2. The third-order valence-electron chi connectivity index (χ3n) is 1.81. The molecule has 0 bridgehead atoms. The molecule has 1 aromatic heterocycles. The normalized spacial score (nSPS) is 12.6. The van der Waals surface area contributed by atoms with Crippen LogP contribution in [-0.2, 0) is 10.0 Å². The maximum atomic E-state index is 12.2. The topological polar surface area (TPSA) is 92.1 Å². The van der Waals surface area contributed by atoms with Crippen LogP contribution in [0.4, 0.5) is 8.78 Å². The Labute approximate surface area is 91.5 Å². The second kappa shape index (κ2) is 5.32. The largest absolute Gasteiger partial charge is 0.335 e. The quantitative estimate of drug-likeness (QED) is 0.724. The van der Waals surface area contributed by atoms with E-state index in [0.29, 0.717) is 4.31 Å². The van der Waals surface area contributed by atoms with Crippen molar-refractivity contribution in [2.75, 3.05) is 19.6 Å². The van der Waals surface area contributed by atoms with Crippen molar-refractivity contribution in [3.63, 3.8) is 0 Å². The lowest BCUT2D eigenvalue weighted by Crippen LogP contribution is -2.38. The molecule has 1 heterocycles. The fourth-order valence-corrected chi connectivity index (χ4v) is 2.46. The number of sulfonamides is 1. The van der Waals surface area contributed by atoms with Crippen LogP contribution in [0, 0.1) is 0 Å². The Bertz CT molecular complexity index is 406. The third-order valence-corrected chi connectivity index (χ3v) is 3.60. The lowest BCUT2D eigenvalue weighted by atomic mass is 10.6. The van der Waals surface area contributed by atoms with Gasteiger partial charge in [-0.3, -0.25) is 0 Å². The van der Waals surface area contributed by atoms with Gasteiger partial charge in [0.05, 0.1) is 19.1 Å². The zero-order valence-corrected chi connectivity index (χ0v) is 9.12. The van der Waals surface area contributed by atoms with Crippen molar-refractivity contribution >= 4 is 10.0 Å². The van der Waals surface area contributed by atoms with Gasteiger partial charge in [-0.25, -0.2) is 22.2 Å². The molecular weight excluding hydrogens is 242 g/mol. The number of aromatic nitrogens is 2. The van der Waals surface area contributed by atoms with Crippen molar-refractivity contribution < 1.29 is 17.2 Å². The number of aromatic amines is 1. The Morgan fingerprint density at radius 2 is 2.25 bits per heavy atom. The lowest BCUT2D eigenvalue weighted by Gasteiger charge is -2.19. The number of nitrogens with two attached hydrogens (primary N) is 1. The van der Waals surface area contributed by atoms with Gasteiger partial charge in [0, 0.05) is 13.1 Å². The molecule has 1 aromatic rings. The number of nitrogens with zero attached hydrogens (tertiary/aromatic N) is 2. The standard InChI is InChI=1S/C7H12F2N4O2S/c8-6(9)4-13(2-1-10)16(14,15)7-3-11-5-12-7/h3,5-6H,1-2,4,10H2,(H,11,12). The number of hydrogen-bond acceptors (Lipinski definition) is 4. The second-order valence-electron chi connectivity index (χ2n) is 2.96. The van der Waals surface area contributed by atoms with Crippen molar-refractivity contribution in [2.45, 2.75) is 11.5 Å². The molecule has 16 heavy (non-hydrogen) atoms. The van der Waals surface area contributed by atoms with E-state index in [4.69, 9.17) is 5.73 Å². The molecule has 6 nitrogen and oxygen atoms in total. The summed E-state index contributed by atoms with van der Waals surface area (Å²) in [7, 11) is -3.96. The van der Waals surface area contributed by atoms with E-state index < -0.39 is 23.0 Å². The molecule has 9 heteroatoms. The van der Waals surface area contributed by atoms with Gasteiger partial charge in [0.25, 0.3) is 16.4 Å². The van der Waals surface area contributed by atoms with Crippen LogP contribution in [0.2, 0.25) is 0 Å². The minimum Gasteiger partial charge on any atom is -0.335 e. The summed E-state index contributed by atoms with van der Waals surface area (Å²) >= 11 is 0. The van der Waals surface area contributed by atoms with E-state index in [1.807, 2.05) is 0 Å². The highest BCUT2D eigenvalue weighted by Gasteiger charge is 2.27. The maximum Gasteiger partial charge on any atom is 0.260 e. The van der Waals surface area contributed by atoms with Crippen LogP contribution >= 0.6 is 0 Å². The van der Waals surface area contributed by atoms with Crippen LogP contribution in [0.1, 0.15) is 0 Å². The smallest absolute Gasteiger partial charge is 0.260 e. The lowest BCUT2D eigenvalue weighted by molar-refractivity contribution is 0.120. The summed E-state index contributed by atoms with van der Waals surface area (Å²) in [5, 5.41) is -0.221. The minimum atomic E-state index is -3.96. The average molecular weight is 254 g/mol. The molecule has 0 saturated heterocycles. The summed E-state index contributed by atoms with van der Waals surface area (Å²) < 4.78 is 48.6. The molecule has 0 spiro atoms. The molecule has 92 valence electrons. The van der Waals surface area contributed by atoms with Crippen molar-refractivity contribution in [2.24, 2.45) is 5.73 Å². The van der Waals surface area contributed by atoms with Crippen LogP contribution in [-0.4, -0.2) is 48.8 Å². The van der Waals surface area contributed by atoms with Crippen LogP contribution < -0.4 is 5.73 Å². The highest BCUT2D eigenvalue weighted by Crippen LogP contribution is 2.13. The van der Waals surface area contributed by atoms with E-state index in [2.05, 4.69) is 9.97 Å². The van der Waals surface area contributed by atoms with Crippen LogP contribution in [0.25, 0.3) is 0 Å². The average Bonchev–Trinajstić information content (AvgIpc) is 2.69. The summed E-state index contributed by atoms with van der Waals surface area (Å²) in [6, 6.07) is 0. The zero-order valence-electron chi connectivity index (χ0n) is 8.31. The van der Waals surface area contributed by atoms with Gasteiger partial charge in [-0.2, -0.15) is 4.31 Å². The summed E-state index contributed by atoms with van der Waals surface area (Å²) in [5.41, 5.74) is 5.18. The van der Waals surface area contributed by atoms with E-state index in [-0.39, 0.29) is 18.1 Å². The first-order chi connectivity index (χ1) is 7.48. The van der Waals surface area contributed by atoms with E-state index in [0.717, 1.165) is 12.5 Å². The van der Waals surface area contributed by atoms with Crippen LogP contribution in [0.3, 0.4) is 0 Å². The molecule has 3 N–H and O–H groups in total. The number of imidazole rings is 1. The highest BCUT2D eigenvalue weighted by molar-refractivity contribution is 7.89. The monoisotopic (exact) mass is 254 g/mol. The van der Waals surface area contributed by atoms with E-state index in [1.54, 1.807) is 0 Å². The van der Waals surface area contributed by atoms with Crippen LogP contribution in [0.15, 0.2) is 17.6 Å². The molecule has 0 fully saturated rings. The fourth-order valence-electron chi connectivity index (χ4n) is 1.13. The molecule has 0 aliphatic heterocycles. The van der Waals surface area contributed by atoms with Gasteiger partial charge < -0.3 is 10.7 Å². The molecule has 0 aliphatic rings. The van der Waals surface area contributed by atoms with Gasteiger partial charge in [-0.05, 0) is 0 Å². The fraction of sp³-hybridized carbons (Fsp3) is 0.571. The molecule has 0 aromatic carbocycles. The predicted octanol–water partition coefficient (Wildman–Crippen LogP) is -0.376. The first-order valence-corrected chi connectivity index (χ1v) is 5.89. The number of H-pyrrole nitrogens is 1. The Morgan fingerprint density at radius 1 is 1.56 bits per heavy atom. The number of hydrogen-bond donors (Lipinski definition) is 2. The van der Waals surface area contributed by atoms with Gasteiger partial charge >= 0.3 is 0 Å². The zero-order chi connectivity index (χ0) is 12.2. The first kappa shape index (κ1) is 13.0. The number of halogens is 2. The second-order valence-corrected chi connectivity index (χ2v) is 4.87.